The van der Waals surface area contributed by atoms with Gasteiger partial charge in [0, 0.05) is 5.92 Å². The number of nitrogens with zero attached hydrogens (tertiary/aromatic N) is 2. The molecule has 1 aliphatic heterocycles. The number of rotatable bonds is 4. The van der Waals surface area contributed by atoms with Crippen LogP contribution in [-0.2, 0) is 24.2 Å². The highest BCUT2D eigenvalue weighted by molar-refractivity contribution is 5.82. The number of aromatic nitrogens is 2. The maximum atomic E-state index is 11.9. The Balaban J connectivity index is 2.29. The topological polar surface area (TPSA) is 25.9 Å². The second-order valence-corrected chi connectivity index (χ2v) is 5.59. The van der Waals surface area contributed by atoms with E-state index in [4.69, 9.17) is 0 Å². The van der Waals surface area contributed by atoms with E-state index in [-0.39, 0.29) is 5.92 Å². The molecule has 0 N–H and O–H groups in total. The van der Waals surface area contributed by atoms with E-state index in [0.717, 1.165) is 13.0 Å². The van der Waals surface area contributed by atoms with Gasteiger partial charge in [-0.25, -0.2) is 9.13 Å². The Morgan fingerprint density at radius 2 is 2.12 bits per heavy atom. The summed E-state index contributed by atoms with van der Waals surface area (Å²) in [6, 6.07) is 0.484. The second kappa shape index (κ2) is 4.63. The molecule has 0 saturated carbocycles. The van der Waals surface area contributed by atoms with Crippen molar-refractivity contribution in [1.82, 2.24) is 4.57 Å². The van der Waals surface area contributed by atoms with Crippen LogP contribution in [0.15, 0.2) is 6.20 Å². The highest BCUT2D eigenvalue weighted by Gasteiger charge is 2.30. The molecule has 0 spiro atoms. The molecule has 3 nitrogen and oxygen atoms in total. The lowest BCUT2D eigenvalue weighted by Gasteiger charge is -2.01. The Hall–Kier alpha value is -1.12. The van der Waals surface area contributed by atoms with Gasteiger partial charge in [-0.3, -0.25) is 4.79 Å². The van der Waals surface area contributed by atoms with Crippen molar-refractivity contribution in [3.05, 3.63) is 17.7 Å². The van der Waals surface area contributed by atoms with Crippen molar-refractivity contribution in [2.24, 2.45) is 5.92 Å². The number of carbonyl (C=O) groups is 1. The summed E-state index contributed by atoms with van der Waals surface area (Å²) in [5.74, 6) is 1.87. The first-order chi connectivity index (χ1) is 8.00. The molecule has 0 amide bonds. The molecule has 17 heavy (non-hydrogen) atoms. The van der Waals surface area contributed by atoms with Crippen molar-refractivity contribution < 1.29 is 9.36 Å². The number of carbonyl (C=O) groups excluding carboxylic acids is 1. The van der Waals surface area contributed by atoms with Gasteiger partial charge in [-0.2, -0.15) is 0 Å². The Bertz CT molecular complexity index is 430. The summed E-state index contributed by atoms with van der Waals surface area (Å²) in [7, 11) is 0. The molecule has 1 aromatic rings. The molecule has 2 rings (SSSR count). The van der Waals surface area contributed by atoms with Crippen LogP contribution >= 0.6 is 0 Å². The Labute approximate surface area is 103 Å². The van der Waals surface area contributed by atoms with Gasteiger partial charge in [0.1, 0.15) is 17.7 Å². The maximum Gasteiger partial charge on any atom is 0.256 e. The largest absolute Gasteiger partial charge is 0.299 e. The van der Waals surface area contributed by atoms with Crippen molar-refractivity contribution in [3.8, 4) is 0 Å². The summed E-state index contributed by atoms with van der Waals surface area (Å²) in [5, 5.41) is 0. The molecule has 0 aliphatic carbocycles. The van der Waals surface area contributed by atoms with Crippen molar-refractivity contribution in [2.75, 3.05) is 0 Å². The molecule has 1 aliphatic rings. The number of hydrogen-bond donors (Lipinski definition) is 0. The SMILES string of the molecule is CC(C)C(=O)Cc1c[n+](C(C)C)c2n1CCC2. The van der Waals surface area contributed by atoms with Gasteiger partial charge in [0.05, 0.1) is 25.4 Å². The lowest BCUT2D eigenvalue weighted by Crippen LogP contribution is -2.38. The van der Waals surface area contributed by atoms with Crippen LogP contribution in [0.2, 0.25) is 0 Å². The lowest BCUT2D eigenvalue weighted by atomic mass is 10.1. The molecule has 2 heterocycles. The first-order valence-corrected chi connectivity index (χ1v) is 6.65. The third kappa shape index (κ3) is 2.28. The third-order valence-corrected chi connectivity index (χ3v) is 3.58. The quantitative estimate of drug-likeness (QED) is 0.734. The summed E-state index contributed by atoms with van der Waals surface area (Å²) in [6.45, 7) is 9.44. The molecule has 3 heteroatoms. The number of imidazole rings is 1. The van der Waals surface area contributed by atoms with E-state index in [0.29, 0.717) is 18.2 Å². The summed E-state index contributed by atoms with van der Waals surface area (Å²) in [4.78, 5) is 11.9. The van der Waals surface area contributed by atoms with Crippen molar-refractivity contribution in [1.29, 1.82) is 0 Å². The van der Waals surface area contributed by atoms with Gasteiger partial charge in [0.25, 0.3) is 5.82 Å². The van der Waals surface area contributed by atoms with E-state index in [1.54, 1.807) is 0 Å². The maximum absolute atomic E-state index is 11.9. The van der Waals surface area contributed by atoms with Crippen LogP contribution in [0.3, 0.4) is 0 Å². The molecule has 0 unspecified atom stereocenters. The van der Waals surface area contributed by atoms with Gasteiger partial charge in [0.2, 0.25) is 0 Å². The highest BCUT2D eigenvalue weighted by atomic mass is 16.1. The minimum atomic E-state index is 0.134. The zero-order valence-electron chi connectivity index (χ0n) is 11.4. The molecule has 0 saturated heterocycles. The average molecular weight is 235 g/mol. The number of ketones is 1. The van der Waals surface area contributed by atoms with E-state index in [1.165, 1.54) is 17.9 Å². The van der Waals surface area contributed by atoms with E-state index in [2.05, 4.69) is 29.2 Å². The Morgan fingerprint density at radius 1 is 1.41 bits per heavy atom. The van der Waals surface area contributed by atoms with E-state index >= 15 is 0 Å². The average Bonchev–Trinajstić information content (AvgIpc) is 2.80. The monoisotopic (exact) mass is 235 g/mol. The number of hydrogen-bond acceptors (Lipinski definition) is 1. The predicted molar refractivity (Wildman–Crippen MR) is 66.9 cm³/mol. The van der Waals surface area contributed by atoms with E-state index in [1.807, 2.05) is 13.8 Å². The van der Waals surface area contributed by atoms with Crippen LogP contribution in [-0.4, -0.2) is 10.4 Å². The summed E-state index contributed by atoms with van der Waals surface area (Å²) in [5.41, 5.74) is 1.20. The molecular formula is C14H23N2O+. The molecule has 0 bridgehead atoms. The van der Waals surface area contributed by atoms with Crippen LogP contribution in [0, 0.1) is 5.92 Å². The highest BCUT2D eigenvalue weighted by Crippen LogP contribution is 2.18. The molecule has 0 aromatic carbocycles. The first kappa shape index (κ1) is 12.3. The standard InChI is InChI=1S/C14H23N2O/c1-10(2)13(17)8-12-9-16(11(3)4)14-6-5-7-15(12)14/h9-11H,5-8H2,1-4H3/q+1. The minimum absolute atomic E-state index is 0.134. The fourth-order valence-corrected chi connectivity index (χ4v) is 2.51. The lowest BCUT2D eigenvalue weighted by molar-refractivity contribution is -0.722. The predicted octanol–water partition coefficient (Wildman–Crippen LogP) is 2.07. The third-order valence-electron chi connectivity index (χ3n) is 3.58. The Kier molecular flexibility index (Phi) is 3.36. The zero-order chi connectivity index (χ0) is 12.6. The van der Waals surface area contributed by atoms with E-state index < -0.39 is 0 Å². The summed E-state index contributed by atoms with van der Waals surface area (Å²) in [6.07, 6.45) is 5.13. The molecule has 1 aromatic heterocycles. The van der Waals surface area contributed by atoms with Gasteiger partial charge >= 0.3 is 0 Å². The summed E-state index contributed by atoms with van der Waals surface area (Å²) >= 11 is 0. The van der Waals surface area contributed by atoms with Crippen molar-refractivity contribution >= 4 is 5.78 Å². The van der Waals surface area contributed by atoms with Crippen molar-refractivity contribution in [2.45, 2.75) is 59.5 Å². The van der Waals surface area contributed by atoms with Gasteiger partial charge in [-0.15, -0.1) is 0 Å². The van der Waals surface area contributed by atoms with Crippen LogP contribution in [0.25, 0.3) is 0 Å². The number of fused-ring (bicyclic) bond motifs is 1. The van der Waals surface area contributed by atoms with Crippen LogP contribution in [0.4, 0.5) is 0 Å². The Morgan fingerprint density at radius 3 is 2.71 bits per heavy atom. The van der Waals surface area contributed by atoms with Crippen LogP contribution in [0.5, 0.6) is 0 Å². The zero-order valence-corrected chi connectivity index (χ0v) is 11.4. The molecule has 0 radical (unpaired) electrons. The van der Waals surface area contributed by atoms with Crippen LogP contribution in [0.1, 0.15) is 51.7 Å². The molecule has 0 fully saturated rings. The number of Topliss-reactive ketones (excluding diaryl/α,β-unsaturated/α-hetero) is 1. The fraction of sp³-hybridized carbons (Fsp3) is 0.714. The molecule has 0 atom stereocenters. The normalized spacial score (nSPS) is 14.7. The smallest absolute Gasteiger partial charge is 0.256 e. The van der Waals surface area contributed by atoms with Gasteiger partial charge in [-0.05, 0) is 20.3 Å². The second-order valence-electron chi connectivity index (χ2n) is 5.59. The van der Waals surface area contributed by atoms with Crippen LogP contribution < -0.4 is 4.57 Å². The van der Waals surface area contributed by atoms with Gasteiger partial charge < -0.3 is 0 Å². The first-order valence-electron chi connectivity index (χ1n) is 6.65. The minimum Gasteiger partial charge on any atom is -0.299 e. The molecular weight excluding hydrogens is 212 g/mol. The summed E-state index contributed by atoms with van der Waals surface area (Å²) < 4.78 is 4.68. The van der Waals surface area contributed by atoms with E-state index in [9.17, 15) is 4.79 Å². The van der Waals surface area contributed by atoms with Crippen molar-refractivity contribution in [3.63, 3.8) is 0 Å². The van der Waals surface area contributed by atoms with Gasteiger partial charge in [-0.1, -0.05) is 13.8 Å². The van der Waals surface area contributed by atoms with Gasteiger partial charge in [0.15, 0.2) is 0 Å². The molecule has 94 valence electrons. The fourth-order valence-electron chi connectivity index (χ4n) is 2.51.